The van der Waals surface area contributed by atoms with Crippen molar-refractivity contribution in [2.45, 2.75) is 25.3 Å². The molecular weight excluding hydrogens is 288 g/mol. The van der Waals surface area contributed by atoms with E-state index >= 15 is 0 Å². The Bertz CT molecular complexity index is 799. The Balaban J connectivity index is 1.58. The number of aromatic hydroxyl groups is 1. The van der Waals surface area contributed by atoms with Gasteiger partial charge in [-0.15, -0.1) is 5.10 Å². The zero-order valence-corrected chi connectivity index (χ0v) is 13.0. The van der Waals surface area contributed by atoms with Crippen molar-refractivity contribution >= 4 is 5.65 Å². The van der Waals surface area contributed by atoms with Crippen LogP contribution in [-0.2, 0) is 6.54 Å². The lowest BCUT2D eigenvalue weighted by molar-refractivity contribution is 0.199. The van der Waals surface area contributed by atoms with Gasteiger partial charge in [0.25, 0.3) is 0 Å². The van der Waals surface area contributed by atoms with Crippen molar-refractivity contribution < 1.29 is 5.11 Å². The number of rotatable bonds is 3. The molecule has 1 aliphatic rings. The number of hydrogen-bond acceptors (Lipinski definition) is 4. The molecule has 1 unspecified atom stereocenters. The Morgan fingerprint density at radius 2 is 2.04 bits per heavy atom. The van der Waals surface area contributed by atoms with Gasteiger partial charge in [-0.25, -0.2) is 9.50 Å². The van der Waals surface area contributed by atoms with Crippen LogP contribution in [-0.4, -0.2) is 37.7 Å². The molecule has 0 aliphatic carbocycles. The number of aromatic nitrogens is 3. The van der Waals surface area contributed by atoms with E-state index in [-0.39, 0.29) is 11.8 Å². The average molecular weight is 308 g/mol. The van der Waals surface area contributed by atoms with Crippen LogP contribution in [0.25, 0.3) is 5.65 Å². The van der Waals surface area contributed by atoms with Crippen LogP contribution in [0, 0.1) is 0 Å². The Morgan fingerprint density at radius 1 is 1.17 bits per heavy atom. The molecule has 1 aromatic carbocycles. The molecule has 1 aliphatic heterocycles. The molecule has 1 N–H and O–H groups in total. The Kier molecular flexibility index (Phi) is 3.71. The minimum absolute atomic E-state index is 0.121. The van der Waals surface area contributed by atoms with Gasteiger partial charge in [-0.2, -0.15) is 0 Å². The lowest BCUT2D eigenvalue weighted by Gasteiger charge is -2.32. The second-order valence-electron chi connectivity index (χ2n) is 6.19. The molecule has 5 heteroatoms. The van der Waals surface area contributed by atoms with Crippen molar-refractivity contribution in [1.82, 2.24) is 19.5 Å². The minimum Gasteiger partial charge on any atom is -0.492 e. The molecule has 1 saturated heterocycles. The van der Waals surface area contributed by atoms with Gasteiger partial charge < -0.3 is 5.11 Å². The Morgan fingerprint density at radius 3 is 2.91 bits per heavy atom. The van der Waals surface area contributed by atoms with E-state index in [0.717, 1.165) is 43.7 Å². The van der Waals surface area contributed by atoms with Crippen LogP contribution in [0.5, 0.6) is 5.88 Å². The first-order valence-electron chi connectivity index (χ1n) is 8.10. The molecule has 5 nitrogen and oxygen atoms in total. The predicted octanol–water partition coefficient (Wildman–Crippen LogP) is 2.81. The standard InChI is InChI=1S/C18H20N4O/c23-18-16(17-19-9-5-11-22(17)20-18)15-8-4-10-21(13-15)12-14-6-2-1-3-7-14/h1-3,5-7,9,11,15H,4,8,10,12-13H2,(H,20,23). The van der Waals surface area contributed by atoms with Crippen LogP contribution >= 0.6 is 0 Å². The van der Waals surface area contributed by atoms with E-state index in [1.54, 1.807) is 10.7 Å². The first-order chi connectivity index (χ1) is 11.3. The summed E-state index contributed by atoms with van der Waals surface area (Å²) in [6.07, 6.45) is 5.78. The summed E-state index contributed by atoms with van der Waals surface area (Å²) in [5.74, 6) is 0.398. The van der Waals surface area contributed by atoms with E-state index in [1.165, 1.54) is 5.56 Å². The second-order valence-corrected chi connectivity index (χ2v) is 6.19. The first-order valence-corrected chi connectivity index (χ1v) is 8.10. The highest BCUT2D eigenvalue weighted by atomic mass is 16.3. The number of nitrogens with zero attached hydrogens (tertiary/aromatic N) is 4. The van der Waals surface area contributed by atoms with Crippen molar-refractivity contribution in [3.63, 3.8) is 0 Å². The molecular formula is C18H20N4O. The van der Waals surface area contributed by atoms with Crippen molar-refractivity contribution in [3.8, 4) is 5.88 Å². The molecule has 23 heavy (non-hydrogen) atoms. The van der Waals surface area contributed by atoms with Crippen LogP contribution < -0.4 is 0 Å². The molecule has 4 rings (SSSR count). The SMILES string of the molecule is Oc1nn2cccnc2c1C1CCCN(Cc2ccccc2)C1. The fourth-order valence-electron chi connectivity index (χ4n) is 3.53. The lowest BCUT2D eigenvalue weighted by Crippen LogP contribution is -2.33. The van der Waals surface area contributed by atoms with Gasteiger partial charge >= 0.3 is 0 Å². The maximum Gasteiger partial charge on any atom is 0.236 e. The Labute approximate surface area is 135 Å². The van der Waals surface area contributed by atoms with E-state index in [4.69, 9.17) is 0 Å². The van der Waals surface area contributed by atoms with Gasteiger partial charge in [0.2, 0.25) is 5.88 Å². The molecule has 3 aromatic rings. The van der Waals surface area contributed by atoms with Crippen molar-refractivity contribution in [3.05, 3.63) is 59.9 Å². The maximum absolute atomic E-state index is 10.3. The van der Waals surface area contributed by atoms with E-state index in [9.17, 15) is 5.11 Å². The van der Waals surface area contributed by atoms with Crippen LogP contribution in [0.15, 0.2) is 48.8 Å². The summed E-state index contributed by atoms with van der Waals surface area (Å²) in [5.41, 5.74) is 3.00. The largest absolute Gasteiger partial charge is 0.492 e. The number of benzene rings is 1. The highest BCUT2D eigenvalue weighted by Crippen LogP contribution is 2.34. The summed E-state index contributed by atoms with van der Waals surface area (Å²) in [5, 5.41) is 14.5. The van der Waals surface area contributed by atoms with E-state index in [2.05, 4.69) is 39.2 Å². The molecule has 0 radical (unpaired) electrons. The maximum atomic E-state index is 10.3. The topological polar surface area (TPSA) is 53.7 Å². The van der Waals surface area contributed by atoms with Crippen molar-refractivity contribution in [2.75, 3.05) is 13.1 Å². The van der Waals surface area contributed by atoms with Crippen LogP contribution in [0.2, 0.25) is 0 Å². The van der Waals surface area contributed by atoms with Gasteiger partial charge in [0, 0.05) is 31.4 Å². The van der Waals surface area contributed by atoms with Crippen LogP contribution in [0.3, 0.4) is 0 Å². The third kappa shape index (κ3) is 2.80. The summed E-state index contributed by atoms with van der Waals surface area (Å²) in [6, 6.07) is 12.4. The van der Waals surface area contributed by atoms with Crippen molar-refractivity contribution in [1.29, 1.82) is 0 Å². The normalized spacial score (nSPS) is 19.2. The molecule has 0 amide bonds. The van der Waals surface area contributed by atoms with Crippen LogP contribution in [0.1, 0.15) is 29.9 Å². The number of likely N-dealkylation sites (tertiary alicyclic amines) is 1. The van der Waals surface area contributed by atoms with Gasteiger partial charge in [0.1, 0.15) is 0 Å². The van der Waals surface area contributed by atoms with E-state index in [1.807, 2.05) is 18.3 Å². The third-order valence-electron chi connectivity index (χ3n) is 4.57. The smallest absolute Gasteiger partial charge is 0.236 e. The van der Waals surface area contributed by atoms with Crippen molar-refractivity contribution in [2.24, 2.45) is 0 Å². The van der Waals surface area contributed by atoms with Gasteiger partial charge in [-0.05, 0) is 31.0 Å². The predicted molar refractivity (Wildman–Crippen MR) is 88.3 cm³/mol. The van der Waals surface area contributed by atoms with Gasteiger partial charge in [-0.3, -0.25) is 4.90 Å². The molecule has 1 fully saturated rings. The van der Waals surface area contributed by atoms with Gasteiger partial charge in [0.05, 0.1) is 5.56 Å². The van der Waals surface area contributed by atoms with Gasteiger partial charge in [-0.1, -0.05) is 30.3 Å². The van der Waals surface area contributed by atoms with Gasteiger partial charge in [0.15, 0.2) is 5.65 Å². The molecule has 0 spiro atoms. The summed E-state index contributed by atoms with van der Waals surface area (Å²) < 4.78 is 1.67. The third-order valence-corrected chi connectivity index (χ3v) is 4.57. The fraction of sp³-hybridized carbons (Fsp3) is 0.333. The molecule has 0 saturated carbocycles. The molecule has 3 heterocycles. The molecule has 0 bridgehead atoms. The fourth-order valence-corrected chi connectivity index (χ4v) is 3.53. The lowest BCUT2D eigenvalue weighted by atomic mass is 9.91. The zero-order valence-electron chi connectivity index (χ0n) is 13.0. The monoisotopic (exact) mass is 308 g/mol. The summed E-state index contributed by atoms with van der Waals surface area (Å²) in [7, 11) is 0. The highest BCUT2D eigenvalue weighted by Gasteiger charge is 2.27. The first kappa shape index (κ1) is 14.2. The molecule has 1 atom stereocenters. The number of piperidine rings is 1. The Hall–Kier alpha value is -2.40. The number of hydrogen-bond donors (Lipinski definition) is 1. The number of fused-ring (bicyclic) bond motifs is 1. The minimum atomic E-state index is 0.121. The summed E-state index contributed by atoms with van der Waals surface area (Å²) in [6.45, 7) is 2.98. The second kappa shape index (κ2) is 6.01. The quantitative estimate of drug-likeness (QED) is 0.808. The molecule has 2 aromatic heterocycles. The molecule has 118 valence electrons. The van der Waals surface area contributed by atoms with Crippen LogP contribution in [0.4, 0.5) is 0 Å². The summed E-state index contributed by atoms with van der Waals surface area (Å²) >= 11 is 0. The van der Waals surface area contributed by atoms with E-state index in [0.29, 0.717) is 0 Å². The summed E-state index contributed by atoms with van der Waals surface area (Å²) in [4.78, 5) is 6.86. The zero-order chi connectivity index (χ0) is 15.6. The van der Waals surface area contributed by atoms with E-state index < -0.39 is 0 Å². The average Bonchev–Trinajstić information content (AvgIpc) is 2.92. The highest BCUT2D eigenvalue weighted by molar-refractivity contribution is 5.54.